The van der Waals surface area contributed by atoms with Crippen LogP contribution in [-0.4, -0.2) is 40.2 Å². The first kappa shape index (κ1) is 13.5. The molecule has 0 radical (unpaired) electrons. The number of piperazine rings is 1. The van der Waals surface area contributed by atoms with Gasteiger partial charge in [-0.2, -0.15) is 4.98 Å². The highest BCUT2D eigenvalue weighted by molar-refractivity contribution is 4.93. The van der Waals surface area contributed by atoms with E-state index in [9.17, 15) is 0 Å². The van der Waals surface area contributed by atoms with Gasteiger partial charge in [-0.3, -0.25) is 4.90 Å². The van der Waals surface area contributed by atoms with E-state index in [1.54, 1.807) is 0 Å². The van der Waals surface area contributed by atoms with Crippen molar-refractivity contribution in [1.82, 2.24) is 20.4 Å². The van der Waals surface area contributed by atoms with E-state index >= 15 is 0 Å². The monoisotopic (exact) mass is 252 g/mol. The van der Waals surface area contributed by atoms with Crippen molar-refractivity contribution in [2.75, 3.05) is 13.1 Å². The predicted octanol–water partition coefficient (Wildman–Crippen LogP) is 1.67. The van der Waals surface area contributed by atoms with Crippen LogP contribution in [0.4, 0.5) is 0 Å². The number of nitrogens with one attached hydrogen (secondary N) is 1. The lowest BCUT2D eigenvalue weighted by Gasteiger charge is -2.44. The Morgan fingerprint density at radius 2 is 2.28 bits per heavy atom. The number of nitrogens with zero attached hydrogens (tertiary/aromatic N) is 3. The second-order valence-corrected chi connectivity index (χ2v) is 6.17. The summed E-state index contributed by atoms with van der Waals surface area (Å²) in [4.78, 5) is 6.60. The van der Waals surface area contributed by atoms with E-state index < -0.39 is 0 Å². The molecule has 1 N–H and O–H groups in total. The maximum absolute atomic E-state index is 4.82. The maximum atomic E-state index is 4.82. The number of hydrogen-bond acceptors (Lipinski definition) is 5. The third-order valence-corrected chi connectivity index (χ3v) is 3.80. The number of hydrogen-bond donors (Lipinski definition) is 1. The standard InChI is InChI=1S/C13H24N4O/c1-5-10-6-14-11(13(2,3)4)7-17(10)8-12-15-9-18-16-12/h9-11,14H,5-8H2,1-4H3. The van der Waals surface area contributed by atoms with Crippen LogP contribution in [0, 0.1) is 5.41 Å². The van der Waals surface area contributed by atoms with Crippen LogP contribution < -0.4 is 5.32 Å². The molecule has 1 aliphatic rings. The van der Waals surface area contributed by atoms with Crippen molar-refractivity contribution in [1.29, 1.82) is 0 Å². The minimum absolute atomic E-state index is 0.272. The van der Waals surface area contributed by atoms with Crippen LogP contribution in [0.5, 0.6) is 0 Å². The average molecular weight is 252 g/mol. The van der Waals surface area contributed by atoms with Gasteiger partial charge in [-0.05, 0) is 11.8 Å². The Labute approximate surface area is 109 Å². The van der Waals surface area contributed by atoms with Crippen LogP contribution in [0.15, 0.2) is 10.9 Å². The molecule has 2 rings (SSSR count). The molecule has 5 heteroatoms. The predicted molar refractivity (Wildman–Crippen MR) is 70.0 cm³/mol. The van der Waals surface area contributed by atoms with Crippen LogP contribution in [0.3, 0.4) is 0 Å². The fraction of sp³-hybridized carbons (Fsp3) is 0.846. The Bertz CT molecular complexity index is 358. The minimum Gasteiger partial charge on any atom is -0.343 e. The molecule has 102 valence electrons. The normalized spacial score (nSPS) is 26.4. The van der Waals surface area contributed by atoms with Gasteiger partial charge in [0.25, 0.3) is 0 Å². The lowest BCUT2D eigenvalue weighted by atomic mass is 9.84. The molecule has 0 saturated carbocycles. The average Bonchev–Trinajstić information content (AvgIpc) is 2.80. The van der Waals surface area contributed by atoms with Crippen molar-refractivity contribution >= 4 is 0 Å². The molecule has 5 nitrogen and oxygen atoms in total. The Morgan fingerprint density at radius 1 is 1.50 bits per heavy atom. The van der Waals surface area contributed by atoms with E-state index in [1.165, 1.54) is 6.39 Å². The smallest absolute Gasteiger partial charge is 0.213 e. The molecule has 1 aromatic rings. The van der Waals surface area contributed by atoms with Crippen LogP contribution in [-0.2, 0) is 6.54 Å². The number of rotatable bonds is 3. The van der Waals surface area contributed by atoms with Gasteiger partial charge in [0.05, 0.1) is 6.54 Å². The van der Waals surface area contributed by atoms with Crippen molar-refractivity contribution in [2.24, 2.45) is 5.41 Å². The lowest BCUT2D eigenvalue weighted by molar-refractivity contribution is 0.0748. The Hall–Kier alpha value is -0.940. The third kappa shape index (κ3) is 3.09. The minimum atomic E-state index is 0.272. The highest BCUT2D eigenvalue weighted by Crippen LogP contribution is 2.24. The third-order valence-electron chi connectivity index (χ3n) is 3.80. The molecule has 0 spiro atoms. The van der Waals surface area contributed by atoms with E-state index in [1.807, 2.05) is 0 Å². The fourth-order valence-electron chi connectivity index (χ4n) is 2.48. The summed E-state index contributed by atoms with van der Waals surface area (Å²) >= 11 is 0. The van der Waals surface area contributed by atoms with Crippen molar-refractivity contribution < 1.29 is 4.52 Å². The topological polar surface area (TPSA) is 54.2 Å². The molecule has 1 fully saturated rings. The summed E-state index contributed by atoms with van der Waals surface area (Å²) in [6.07, 6.45) is 2.54. The summed E-state index contributed by atoms with van der Waals surface area (Å²) in [7, 11) is 0. The first-order chi connectivity index (χ1) is 8.50. The van der Waals surface area contributed by atoms with E-state index in [2.05, 4.69) is 48.1 Å². The molecular formula is C13H24N4O. The zero-order chi connectivity index (χ0) is 13.2. The lowest BCUT2D eigenvalue weighted by Crippen LogP contribution is -2.59. The van der Waals surface area contributed by atoms with Crippen molar-refractivity contribution in [3.05, 3.63) is 12.2 Å². The van der Waals surface area contributed by atoms with Gasteiger partial charge in [0.15, 0.2) is 5.82 Å². The van der Waals surface area contributed by atoms with Crippen LogP contribution in [0.1, 0.15) is 39.9 Å². The van der Waals surface area contributed by atoms with E-state index in [4.69, 9.17) is 4.52 Å². The van der Waals surface area contributed by atoms with Crippen LogP contribution in [0.2, 0.25) is 0 Å². The first-order valence-electron chi connectivity index (χ1n) is 6.73. The molecular weight excluding hydrogens is 228 g/mol. The first-order valence-corrected chi connectivity index (χ1v) is 6.73. The molecule has 1 aliphatic heterocycles. The molecule has 0 aromatic carbocycles. The number of aromatic nitrogens is 2. The van der Waals surface area contributed by atoms with Crippen molar-refractivity contribution in [3.8, 4) is 0 Å². The summed E-state index contributed by atoms with van der Waals surface area (Å²) in [5.74, 6) is 0.781. The van der Waals surface area contributed by atoms with Gasteiger partial charge in [-0.1, -0.05) is 32.9 Å². The summed E-state index contributed by atoms with van der Waals surface area (Å²) < 4.78 is 4.82. The van der Waals surface area contributed by atoms with Gasteiger partial charge in [0.1, 0.15) is 0 Å². The highest BCUT2D eigenvalue weighted by atomic mass is 16.5. The zero-order valence-corrected chi connectivity index (χ0v) is 11.8. The summed E-state index contributed by atoms with van der Waals surface area (Å²) in [6.45, 7) is 11.9. The molecule has 18 heavy (non-hydrogen) atoms. The van der Waals surface area contributed by atoms with Crippen molar-refractivity contribution in [2.45, 2.75) is 52.7 Å². The zero-order valence-electron chi connectivity index (χ0n) is 11.8. The van der Waals surface area contributed by atoms with Gasteiger partial charge in [0.2, 0.25) is 6.39 Å². The highest BCUT2D eigenvalue weighted by Gasteiger charge is 2.33. The molecule has 2 unspecified atom stereocenters. The van der Waals surface area contributed by atoms with E-state index in [0.29, 0.717) is 12.1 Å². The Kier molecular flexibility index (Phi) is 4.02. The summed E-state index contributed by atoms with van der Waals surface area (Å²) in [5.41, 5.74) is 0.272. The summed E-state index contributed by atoms with van der Waals surface area (Å²) in [6, 6.07) is 1.06. The van der Waals surface area contributed by atoms with E-state index in [0.717, 1.165) is 31.9 Å². The SMILES string of the molecule is CCC1CNC(C(C)(C)C)CN1Cc1ncon1. The molecule has 0 bridgehead atoms. The van der Waals surface area contributed by atoms with Gasteiger partial charge in [-0.15, -0.1) is 0 Å². The fourth-order valence-corrected chi connectivity index (χ4v) is 2.48. The Balaban J connectivity index is 2.04. The van der Waals surface area contributed by atoms with Crippen LogP contribution in [0.25, 0.3) is 0 Å². The molecule has 1 saturated heterocycles. The maximum Gasteiger partial charge on any atom is 0.213 e. The molecule has 1 aromatic heterocycles. The quantitative estimate of drug-likeness (QED) is 0.887. The van der Waals surface area contributed by atoms with Crippen LogP contribution >= 0.6 is 0 Å². The molecule has 0 amide bonds. The van der Waals surface area contributed by atoms with Gasteiger partial charge < -0.3 is 9.84 Å². The Morgan fingerprint density at radius 3 is 2.83 bits per heavy atom. The largest absolute Gasteiger partial charge is 0.343 e. The second-order valence-electron chi connectivity index (χ2n) is 6.17. The van der Waals surface area contributed by atoms with Crippen molar-refractivity contribution in [3.63, 3.8) is 0 Å². The van der Waals surface area contributed by atoms with Gasteiger partial charge in [-0.25, -0.2) is 0 Å². The van der Waals surface area contributed by atoms with Gasteiger partial charge >= 0.3 is 0 Å². The van der Waals surface area contributed by atoms with Gasteiger partial charge in [0, 0.05) is 25.2 Å². The molecule has 2 atom stereocenters. The summed E-state index contributed by atoms with van der Waals surface area (Å²) in [5, 5.41) is 7.58. The molecule has 0 aliphatic carbocycles. The van der Waals surface area contributed by atoms with E-state index in [-0.39, 0.29) is 5.41 Å². The second kappa shape index (κ2) is 5.36. The molecule has 2 heterocycles.